The Bertz CT molecular complexity index is 974. The number of H-pyrrole nitrogens is 1. The lowest BCUT2D eigenvalue weighted by Gasteiger charge is -2.35. The lowest BCUT2D eigenvalue weighted by atomic mass is 10.2. The normalized spacial score (nSPS) is 14.3. The van der Waals surface area contributed by atoms with Gasteiger partial charge in [-0.05, 0) is 25.1 Å². The smallest absolute Gasteiger partial charge is 0.268 e. The zero-order chi connectivity index (χ0) is 19.5. The fraction of sp³-hybridized carbons (Fsp3) is 0.300. The van der Waals surface area contributed by atoms with Crippen molar-refractivity contribution in [2.24, 2.45) is 0 Å². The number of benzene rings is 1. The van der Waals surface area contributed by atoms with Crippen molar-refractivity contribution in [2.75, 3.05) is 37.6 Å². The van der Waals surface area contributed by atoms with E-state index in [2.05, 4.69) is 25.2 Å². The van der Waals surface area contributed by atoms with E-state index in [0.29, 0.717) is 31.9 Å². The zero-order valence-electron chi connectivity index (χ0n) is 15.7. The number of nitrogens with zero attached hydrogens (tertiary/aromatic N) is 4. The summed E-state index contributed by atoms with van der Waals surface area (Å²) in [6, 6.07) is 11.3. The number of nitrogens with one attached hydrogen (secondary N) is 2. The first kappa shape index (κ1) is 18.0. The van der Waals surface area contributed by atoms with E-state index < -0.39 is 0 Å². The molecule has 0 radical (unpaired) electrons. The van der Waals surface area contributed by atoms with Crippen molar-refractivity contribution >= 4 is 28.5 Å². The number of aromatic amines is 1. The van der Waals surface area contributed by atoms with E-state index in [1.54, 1.807) is 17.2 Å². The van der Waals surface area contributed by atoms with Crippen LogP contribution in [0.15, 0.2) is 42.6 Å². The first-order valence-corrected chi connectivity index (χ1v) is 9.28. The van der Waals surface area contributed by atoms with Gasteiger partial charge in [0.1, 0.15) is 17.3 Å². The van der Waals surface area contributed by atoms with Crippen molar-refractivity contribution in [1.82, 2.24) is 25.2 Å². The number of fused-ring (bicyclic) bond motifs is 1. The van der Waals surface area contributed by atoms with E-state index in [4.69, 9.17) is 0 Å². The summed E-state index contributed by atoms with van der Waals surface area (Å²) in [6.45, 7) is 4.46. The summed E-state index contributed by atoms with van der Waals surface area (Å²) in [5, 5.41) is 3.68. The van der Waals surface area contributed by atoms with Gasteiger partial charge in [0.2, 0.25) is 5.91 Å². The molecule has 2 amide bonds. The number of aryl methyl sites for hydroxylation is 1. The van der Waals surface area contributed by atoms with E-state index in [9.17, 15) is 9.59 Å². The highest BCUT2D eigenvalue weighted by molar-refractivity contribution is 5.99. The maximum atomic E-state index is 12.5. The molecule has 2 aromatic heterocycles. The van der Waals surface area contributed by atoms with Crippen LogP contribution in [0.25, 0.3) is 10.9 Å². The molecule has 8 nitrogen and oxygen atoms in total. The molecule has 8 heteroatoms. The molecule has 1 aromatic carbocycles. The summed E-state index contributed by atoms with van der Waals surface area (Å²) in [5.74, 6) is 1.25. The number of amides is 2. The molecule has 2 N–H and O–H groups in total. The van der Waals surface area contributed by atoms with Gasteiger partial charge in [-0.2, -0.15) is 0 Å². The number of piperazine rings is 1. The van der Waals surface area contributed by atoms with Gasteiger partial charge in [0, 0.05) is 43.3 Å². The molecule has 3 heterocycles. The van der Waals surface area contributed by atoms with Gasteiger partial charge in [-0.1, -0.05) is 18.2 Å². The topological polar surface area (TPSA) is 94.2 Å². The lowest BCUT2D eigenvalue weighted by molar-refractivity contribution is -0.130. The van der Waals surface area contributed by atoms with Crippen LogP contribution in [0.5, 0.6) is 0 Å². The number of hydrogen-bond donors (Lipinski definition) is 2. The molecule has 4 rings (SSSR count). The monoisotopic (exact) mass is 378 g/mol. The number of carbonyl (C=O) groups excluding carboxylic acids is 2. The fourth-order valence-electron chi connectivity index (χ4n) is 3.36. The molecule has 1 aliphatic heterocycles. The second kappa shape index (κ2) is 7.67. The predicted molar refractivity (Wildman–Crippen MR) is 106 cm³/mol. The largest absolute Gasteiger partial charge is 0.353 e. The van der Waals surface area contributed by atoms with Gasteiger partial charge in [-0.15, -0.1) is 0 Å². The van der Waals surface area contributed by atoms with Crippen LogP contribution in [0.4, 0.5) is 5.82 Å². The summed E-state index contributed by atoms with van der Waals surface area (Å²) in [7, 11) is 0. The number of para-hydroxylation sites is 1. The molecule has 0 spiro atoms. The molecule has 0 unspecified atom stereocenters. The summed E-state index contributed by atoms with van der Waals surface area (Å²) in [4.78, 5) is 40.3. The van der Waals surface area contributed by atoms with Crippen molar-refractivity contribution in [1.29, 1.82) is 0 Å². The van der Waals surface area contributed by atoms with Gasteiger partial charge in [0.25, 0.3) is 5.91 Å². The maximum Gasteiger partial charge on any atom is 0.268 e. The van der Waals surface area contributed by atoms with Crippen molar-refractivity contribution in [3.63, 3.8) is 0 Å². The summed E-state index contributed by atoms with van der Waals surface area (Å²) in [5.41, 5.74) is 1.35. The van der Waals surface area contributed by atoms with Crippen LogP contribution in [-0.4, -0.2) is 64.4 Å². The molecule has 1 aliphatic rings. The van der Waals surface area contributed by atoms with Crippen LogP contribution in [-0.2, 0) is 4.79 Å². The minimum absolute atomic E-state index is 0.0131. The lowest BCUT2D eigenvalue weighted by Crippen LogP contribution is -2.51. The summed E-state index contributed by atoms with van der Waals surface area (Å²) >= 11 is 0. The molecule has 144 valence electrons. The Hall–Kier alpha value is -3.42. The van der Waals surface area contributed by atoms with Gasteiger partial charge in [-0.3, -0.25) is 9.59 Å². The molecular formula is C20H22N6O2. The number of rotatable bonds is 4. The molecule has 3 aromatic rings. The van der Waals surface area contributed by atoms with Gasteiger partial charge < -0.3 is 20.1 Å². The van der Waals surface area contributed by atoms with Gasteiger partial charge in [-0.25, -0.2) is 9.97 Å². The summed E-state index contributed by atoms with van der Waals surface area (Å²) < 4.78 is 0. The van der Waals surface area contributed by atoms with Crippen LogP contribution in [0.2, 0.25) is 0 Å². The highest BCUT2D eigenvalue weighted by Gasteiger charge is 2.22. The molecule has 0 aliphatic carbocycles. The van der Waals surface area contributed by atoms with E-state index >= 15 is 0 Å². The van der Waals surface area contributed by atoms with Crippen LogP contribution < -0.4 is 10.2 Å². The second-order valence-corrected chi connectivity index (χ2v) is 6.78. The van der Waals surface area contributed by atoms with Crippen molar-refractivity contribution < 1.29 is 9.59 Å². The Labute approximate surface area is 162 Å². The Kier molecular flexibility index (Phi) is 4.92. The third-order valence-corrected chi connectivity index (χ3v) is 4.89. The second-order valence-electron chi connectivity index (χ2n) is 6.78. The summed E-state index contributed by atoms with van der Waals surface area (Å²) in [6.07, 6.45) is 1.74. The predicted octanol–water partition coefficient (Wildman–Crippen LogP) is 1.34. The Morgan fingerprint density at radius 1 is 1.14 bits per heavy atom. The van der Waals surface area contributed by atoms with Crippen LogP contribution in [0.1, 0.15) is 16.3 Å². The SMILES string of the molecule is Cc1nccc(N2CCN(C(=O)CNC(=O)c3cc4ccccc4[nH]3)CC2)n1. The molecule has 0 bridgehead atoms. The third-order valence-electron chi connectivity index (χ3n) is 4.89. The quantitative estimate of drug-likeness (QED) is 0.715. The van der Waals surface area contributed by atoms with Crippen molar-refractivity contribution in [3.05, 3.63) is 54.1 Å². The number of hydrogen-bond acceptors (Lipinski definition) is 5. The van der Waals surface area contributed by atoms with Crippen molar-refractivity contribution in [3.8, 4) is 0 Å². The van der Waals surface area contributed by atoms with Crippen LogP contribution in [0, 0.1) is 6.92 Å². The standard InChI is InChI=1S/C20H22N6O2/c1-14-21-7-6-18(23-14)25-8-10-26(11-9-25)19(27)13-22-20(28)17-12-15-4-2-3-5-16(15)24-17/h2-7,12,24H,8-11,13H2,1H3,(H,22,28). The Morgan fingerprint density at radius 2 is 1.93 bits per heavy atom. The van der Waals surface area contributed by atoms with E-state index in [1.165, 1.54) is 0 Å². The minimum Gasteiger partial charge on any atom is -0.353 e. The van der Waals surface area contributed by atoms with Crippen molar-refractivity contribution in [2.45, 2.75) is 6.92 Å². The third kappa shape index (κ3) is 3.80. The highest BCUT2D eigenvalue weighted by Crippen LogP contribution is 2.15. The van der Waals surface area contributed by atoms with Gasteiger partial charge in [0.05, 0.1) is 6.54 Å². The first-order valence-electron chi connectivity index (χ1n) is 9.28. The number of carbonyl (C=O) groups is 2. The number of anilines is 1. The maximum absolute atomic E-state index is 12.5. The molecule has 28 heavy (non-hydrogen) atoms. The molecule has 1 fully saturated rings. The fourth-order valence-corrected chi connectivity index (χ4v) is 3.36. The number of aromatic nitrogens is 3. The highest BCUT2D eigenvalue weighted by atomic mass is 16.2. The van der Waals surface area contributed by atoms with E-state index in [0.717, 1.165) is 22.5 Å². The molecule has 1 saturated heterocycles. The van der Waals surface area contributed by atoms with E-state index in [1.807, 2.05) is 37.3 Å². The first-order chi connectivity index (χ1) is 13.6. The average molecular weight is 378 g/mol. The van der Waals surface area contributed by atoms with Crippen LogP contribution >= 0.6 is 0 Å². The van der Waals surface area contributed by atoms with Gasteiger partial charge in [0.15, 0.2) is 0 Å². The minimum atomic E-state index is -0.278. The van der Waals surface area contributed by atoms with Crippen LogP contribution in [0.3, 0.4) is 0 Å². The molecular weight excluding hydrogens is 356 g/mol. The van der Waals surface area contributed by atoms with Gasteiger partial charge >= 0.3 is 0 Å². The average Bonchev–Trinajstić information content (AvgIpc) is 3.16. The zero-order valence-corrected chi connectivity index (χ0v) is 15.7. The Morgan fingerprint density at radius 3 is 2.68 bits per heavy atom. The molecule has 0 saturated carbocycles. The Balaban J connectivity index is 1.29. The molecule has 0 atom stereocenters. The van der Waals surface area contributed by atoms with E-state index in [-0.39, 0.29) is 18.4 Å².